The smallest absolute Gasteiger partial charge is 0.348 e. The summed E-state index contributed by atoms with van der Waals surface area (Å²) >= 11 is 7.42. The lowest BCUT2D eigenvalue weighted by Crippen LogP contribution is -2.35. The first-order valence-corrected chi connectivity index (χ1v) is 9.54. The first-order chi connectivity index (χ1) is 12.6. The van der Waals surface area contributed by atoms with E-state index in [1.807, 2.05) is 38.7 Å². The molecule has 146 valence electrons. The van der Waals surface area contributed by atoms with Gasteiger partial charge in [0.05, 0.1) is 30.1 Å². The Morgan fingerprint density at radius 2 is 2.00 bits per heavy atom. The summed E-state index contributed by atoms with van der Waals surface area (Å²) in [7, 11) is 1.34. The van der Waals surface area contributed by atoms with Gasteiger partial charge in [-0.3, -0.25) is 9.78 Å². The Bertz CT molecular complexity index is 829. The van der Waals surface area contributed by atoms with Gasteiger partial charge in [-0.25, -0.2) is 4.79 Å². The van der Waals surface area contributed by atoms with Crippen molar-refractivity contribution in [3.8, 4) is 0 Å². The average molecular weight is 411 g/mol. The van der Waals surface area contributed by atoms with Crippen LogP contribution < -0.4 is 4.90 Å². The number of aromatic nitrogens is 1. The van der Waals surface area contributed by atoms with Crippen LogP contribution in [-0.2, 0) is 20.8 Å². The van der Waals surface area contributed by atoms with E-state index >= 15 is 0 Å². The largest absolute Gasteiger partial charge is 0.465 e. The Morgan fingerprint density at radius 3 is 2.63 bits per heavy atom. The van der Waals surface area contributed by atoms with E-state index in [4.69, 9.17) is 21.1 Å². The number of hydrogen-bond acceptors (Lipinski definition) is 7. The number of hydrogen-bond donors (Lipinski definition) is 0. The van der Waals surface area contributed by atoms with Crippen molar-refractivity contribution in [1.29, 1.82) is 0 Å². The van der Waals surface area contributed by atoms with Crippen LogP contribution in [0.4, 0.5) is 5.69 Å². The molecule has 0 saturated heterocycles. The third kappa shape index (κ3) is 6.22. The number of esters is 2. The lowest BCUT2D eigenvalue weighted by Gasteiger charge is -2.27. The predicted octanol–water partition coefficient (Wildman–Crippen LogP) is 4.24. The molecule has 0 spiro atoms. The van der Waals surface area contributed by atoms with Crippen LogP contribution in [-0.4, -0.2) is 36.2 Å². The Morgan fingerprint density at radius 1 is 1.30 bits per heavy atom. The van der Waals surface area contributed by atoms with Crippen LogP contribution in [0.15, 0.2) is 24.4 Å². The zero-order valence-corrected chi connectivity index (χ0v) is 17.6. The highest BCUT2D eigenvalue weighted by Crippen LogP contribution is 2.27. The van der Waals surface area contributed by atoms with E-state index in [2.05, 4.69) is 4.98 Å². The topological polar surface area (TPSA) is 68.7 Å². The maximum Gasteiger partial charge on any atom is 0.348 e. The number of methoxy groups -OCH3 is 1. The first kappa shape index (κ1) is 21.2. The lowest BCUT2D eigenvalue weighted by molar-refractivity contribution is -0.153. The van der Waals surface area contributed by atoms with Crippen LogP contribution in [0, 0.1) is 6.92 Å². The standard InChI is InChI=1S/C19H23ClN2O4S/c1-12-15(8-13(20)9-21-12)22(11-17(23)26-19(2,3)4)10-14-6-7-16(27-14)18(24)25-5/h6-9H,10-11H2,1-5H3. The molecule has 0 amide bonds. The fraction of sp³-hybridized carbons (Fsp3) is 0.421. The fourth-order valence-corrected chi connectivity index (χ4v) is 3.53. The van der Waals surface area contributed by atoms with Gasteiger partial charge in [-0.2, -0.15) is 0 Å². The van der Waals surface area contributed by atoms with Crippen LogP contribution in [0.3, 0.4) is 0 Å². The second-order valence-corrected chi connectivity index (χ2v) is 8.56. The van der Waals surface area contributed by atoms with Crippen molar-refractivity contribution in [3.63, 3.8) is 0 Å². The molecule has 0 fully saturated rings. The molecule has 2 rings (SSSR count). The molecule has 2 aromatic heterocycles. The zero-order chi connectivity index (χ0) is 20.2. The first-order valence-electron chi connectivity index (χ1n) is 8.35. The summed E-state index contributed by atoms with van der Waals surface area (Å²) in [5.41, 5.74) is 0.903. The Balaban J connectivity index is 2.29. The summed E-state index contributed by atoms with van der Waals surface area (Å²) in [4.78, 5) is 31.6. The van der Waals surface area contributed by atoms with E-state index in [0.717, 1.165) is 16.3 Å². The number of anilines is 1. The van der Waals surface area contributed by atoms with E-state index in [9.17, 15) is 9.59 Å². The summed E-state index contributed by atoms with van der Waals surface area (Å²) in [6, 6.07) is 5.32. The van der Waals surface area contributed by atoms with Gasteiger partial charge in [0.15, 0.2) is 0 Å². The van der Waals surface area contributed by atoms with Gasteiger partial charge in [0.1, 0.15) is 17.0 Å². The maximum absolute atomic E-state index is 12.4. The number of carbonyl (C=O) groups excluding carboxylic acids is 2. The molecular weight excluding hydrogens is 388 g/mol. The molecule has 0 aliphatic carbocycles. The van der Waals surface area contributed by atoms with E-state index < -0.39 is 5.60 Å². The monoisotopic (exact) mass is 410 g/mol. The number of thiophene rings is 1. The Labute approximate surface area is 168 Å². The minimum atomic E-state index is -0.578. The van der Waals surface area contributed by atoms with Gasteiger partial charge in [0.2, 0.25) is 0 Å². The molecule has 2 aromatic rings. The molecule has 0 aromatic carbocycles. The average Bonchev–Trinajstić information content (AvgIpc) is 3.02. The number of pyridine rings is 1. The highest BCUT2D eigenvalue weighted by atomic mass is 35.5. The molecule has 0 bridgehead atoms. The van der Waals surface area contributed by atoms with Crippen molar-refractivity contribution < 1.29 is 19.1 Å². The van der Waals surface area contributed by atoms with Crippen molar-refractivity contribution in [1.82, 2.24) is 4.98 Å². The number of nitrogens with zero attached hydrogens (tertiary/aromatic N) is 2. The molecular formula is C19H23ClN2O4S. The second kappa shape index (κ2) is 8.71. The van der Waals surface area contributed by atoms with Gasteiger partial charge in [-0.15, -0.1) is 11.3 Å². The highest BCUT2D eigenvalue weighted by Gasteiger charge is 2.22. The summed E-state index contributed by atoms with van der Waals surface area (Å²) < 4.78 is 10.2. The third-order valence-corrected chi connectivity index (χ3v) is 4.76. The number of carbonyl (C=O) groups is 2. The SMILES string of the molecule is COC(=O)c1ccc(CN(CC(=O)OC(C)(C)C)c2cc(Cl)cnc2C)s1. The van der Waals surface area contributed by atoms with Crippen LogP contribution in [0.25, 0.3) is 0 Å². The number of ether oxygens (including phenoxy) is 2. The van der Waals surface area contributed by atoms with Crippen molar-refractivity contribution in [3.05, 3.63) is 44.9 Å². The van der Waals surface area contributed by atoms with Crippen LogP contribution in [0.1, 0.15) is 41.0 Å². The molecule has 0 aliphatic heterocycles. The van der Waals surface area contributed by atoms with Gasteiger partial charge < -0.3 is 14.4 Å². The molecule has 8 heteroatoms. The van der Waals surface area contributed by atoms with Gasteiger partial charge in [0, 0.05) is 11.1 Å². The minimum absolute atomic E-state index is 0.0333. The van der Waals surface area contributed by atoms with Crippen LogP contribution in [0.2, 0.25) is 5.02 Å². The zero-order valence-electron chi connectivity index (χ0n) is 16.0. The second-order valence-electron chi connectivity index (χ2n) is 6.96. The van der Waals surface area contributed by atoms with Crippen molar-refractivity contribution in [2.45, 2.75) is 39.8 Å². The number of aryl methyl sites for hydroxylation is 1. The molecule has 0 saturated carbocycles. The summed E-state index contributed by atoms with van der Waals surface area (Å²) in [6.07, 6.45) is 1.56. The van der Waals surface area contributed by atoms with E-state index in [0.29, 0.717) is 16.4 Å². The van der Waals surface area contributed by atoms with E-state index in [1.54, 1.807) is 18.3 Å². The Kier molecular flexibility index (Phi) is 6.84. The molecule has 0 unspecified atom stereocenters. The summed E-state index contributed by atoms with van der Waals surface area (Å²) in [6.45, 7) is 7.76. The molecule has 0 N–H and O–H groups in total. The van der Waals surface area contributed by atoms with Crippen LogP contribution >= 0.6 is 22.9 Å². The molecule has 0 aliphatic rings. The van der Waals surface area contributed by atoms with Crippen molar-refractivity contribution >= 4 is 40.6 Å². The lowest BCUT2D eigenvalue weighted by atomic mass is 10.2. The van der Waals surface area contributed by atoms with Gasteiger partial charge >= 0.3 is 11.9 Å². The van der Waals surface area contributed by atoms with Gasteiger partial charge in [-0.1, -0.05) is 11.6 Å². The van der Waals surface area contributed by atoms with Crippen molar-refractivity contribution in [2.75, 3.05) is 18.6 Å². The summed E-state index contributed by atoms with van der Waals surface area (Å²) in [5, 5.41) is 0.478. The van der Waals surface area contributed by atoms with E-state index in [-0.39, 0.29) is 18.5 Å². The van der Waals surface area contributed by atoms with E-state index in [1.165, 1.54) is 18.4 Å². The fourth-order valence-electron chi connectivity index (χ4n) is 2.43. The van der Waals surface area contributed by atoms with Gasteiger partial charge in [0.25, 0.3) is 0 Å². The van der Waals surface area contributed by atoms with Gasteiger partial charge in [-0.05, 0) is 45.9 Å². The normalized spacial score (nSPS) is 11.2. The Hall–Kier alpha value is -2.12. The predicted molar refractivity (Wildman–Crippen MR) is 107 cm³/mol. The minimum Gasteiger partial charge on any atom is -0.465 e. The molecule has 6 nitrogen and oxygen atoms in total. The highest BCUT2D eigenvalue weighted by molar-refractivity contribution is 7.13. The summed E-state index contributed by atoms with van der Waals surface area (Å²) in [5.74, 6) is -0.739. The molecule has 2 heterocycles. The maximum atomic E-state index is 12.4. The van der Waals surface area contributed by atoms with Crippen molar-refractivity contribution in [2.24, 2.45) is 0 Å². The van der Waals surface area contributed by atoms with Crippen LogP contribution in [0.5, 0.6) is 0 Å². The molecule has 0 atom stereocenters. The third-order valence-electron chi connectivity index (χ3n) is 3.50. The number of halogens is 1. The number of rotatable bonds is 6. The molecule has 27 heavy (non-hydrogen) atoms. The quantitative estimate of drug-likeness (QED) is 0.663. The molecule has 0 radical (unpaired) electrons.